The van der Waals surface area contributed by atoms with Gasteiger partial charge in [-0.3, -0.25) is 0 Å². The number of nitrogens with two attached hydrogens (primary N) is 1. The Kier molecular flexibility index (Phi) is 4.19. The molecule has 2 aromatic rings. The predicted molar refractivity (Wildman–Crippen MR) is 75.5 cm³/mol. The van der Waals surface area contributed by atoms with Crippen molar-refractivity contribution in [3.8, 4) is 11.6 Å². The quantitative estimate of drug-likeness (QED) is 0.664. The summed E-state index contributed by atoms with van der Waals surface area (Å²) >= 11 is 5.92. The third kappa shape index (κ3) is 3.13. The topological polar surface area (TPSA) is 73.1 Å². The second-order valence-corrected chi connectivity index (χ2v) is 4.41. The molecule has 0 fully saturated rings. The van der Waals surface area contributed by atoms with Crippen molar-refractivity contribution in [3.63, 3.8) is 0 Å². The van der Waals surface area contributed by atoms with Crippen molar-refractivity contribution in [2.45, 2.75) is 20.3 Å². The molecule has 0 aliphatic rings. The average molecular weight is 279 g/mol. The van der Waals surface area contributed by atoms with E-state index in [0.29, 0.717) is 34.7 Å². The van der Waals surface area contributed by atoms with E-state index in [9.17, 15) is 0 Å². The Balaban J connectivity index is 2.38. The van der Waals surface area contributed by atoms with Crippen molar-refractivity contribution in [1.82, 2.24) is 9.97 Å². The first-order chi connectivity index (χ1) is 9.13. The van der Waals surface area contributed by atoms with Crippen molar-refractivity contribution in [3.05, 3.63) is 40.7 Å². The Morgan fingerprint density at radius 2 is 2.16 bits per heavy atom. The lowest BCUT2D eigenvalue weighted by atomic mass is 10.3. The molecule has 0 aliphatic carbocycles. The van der Waals surface area contributed by atoms with E-state index >= 15 is 0 Å². The van der Waals surface area contributed by atoms with E-state index in [1.165, 1.54) is 0 Å². The van der Waals surface area contributed by atoms with Gasteiger partial charge in [-0.05, 0) is 25.1 Å². The van der Waals surface area contributed by atoms with Gasteiger partial charge < -0.3 is 10.2 Å². The number of halogens is 1. The molecule has 2 rings (SSSR count). The highest BCUT2D eigenvalue weighted by Crippen LogP contribution is 2.28. The van der Waals surface area contributed by atoms with Gasteiger partial charge in [-0.25, -0.2) is 10.8 Å². The van der Waals surface area contributed by atoms with Crippen molar-refractivity contribution in [2.24, 2.45) is 5.84 Å². The van der Waals surface area contributed by atoms with Gasteiger partial charge in [0.2, 0.25) is 5.88 Å². The second kappa shape index (κ2) is 5.86. The lowest BCUT2D eigenvalue weighted by Crippen LogP contribution is -2.13. The molecule has 1 aromatic carbocycles. The van der Waals surface area contributed by atoms with E-state index in [2.05, 4.69) is 15.4 Å². The molecule has 0 atom stereocenters. The Labute approximate surface area is 116 Å². The van der Waals surface area contributed by atoms with Crippen molar-refractivity contribution in [2.75, 3.05) is 5.43 Å². The molecule has 1 heterocycles. The normalized spacial score (nSPS) is 10.3. The van der Waals surface area contributed by atoms with Crippen LogP contribution in [0.4, 0.5) is 5.82 Å². The van der Waals surface area contributed by atoms with Crippen LogP contribution in [0.15, 0.2) is 24.3 Å². The summed E-state index contributed by atoms with van der Waals surface area (Å²) < 4.78 is 5.74. The number of nitrogen functional groups attached to an aromatic ring is 1. The SMILES string of the molecule is CCc1nc(NN)c(C)c(Oc2cccc(Cl)c2)n1. The molecule has 1 aromatic heterocycles. The zero-order chi connectivity index (χ0) is 13.8. The molecule has 0 spiro atoms. The summed E-state index contributed by atoms with van der Waals surface area (Å²) in [6.45, 7) is 3.81. The summed E-state index contributed by atoms with van der Waals surface area (Å²) in [7, 11) is 0. The van der Waals surface area contributed by atoms with Gasteiger partial charge in [-0.1, -0.05) is 24.6 Å². The number of ether oxygens (including phenoxy) is 1. The summed E-state index contributed by atoms with van der Waals surface area (Å²) in [5.41, 5.74) is 3.30. The minimum atomic E-state index is 0.474. The predicted octanol–water partition coefficient (Wildman–Crippen LogP) is 3.08. The fraction of sp³-hybridized carbons (Fsp3) is 0.231. The molecular formula is C13H15ClN4O. The number of aromatic nitrogens is 2. The van der Waals surface area contributed by atoms with Crippen molar-refractivity contribution < 1.29 is 4.74 Å². The number of nitrogens with zero attached hydrogens (tertiary/aromatic N) is 2. The lowest BCUT2D eigenvalue weighted by Gasteiger charge is -2.12. The average Bonchev–Trinajstić information content (AvgIpc) is 2.41. The number of rotatable bonds is 4. The molecule has 0 bridgehead atoms. The number of hydrazine groups is 1. The number of hydrogen-bond acceptors (Lipinski definition) is 5. The molecule has 0 unspecified atom stereocenters. The van der Waals surface area contributed by atoms with E-state index in [-0.39, 0.29) is 0 Å². The molecule has 6 heteroatoms. The maximum absolute atomic E-state index is 5.92. The highest BCUT2D eigenvalue weighted by molar-refractivity contribution is 6.30. The van der Waals surface area contributed by atoms with Gasteiger partial charge in [0.25, 0.3) is 0 Å². The number of anilines is 1. The molecule has 5 nitrogen and oxygen atoms in total. The summed E-state index contributed by atoms with van der Waals surface area (Å²) in [5.74, 6) is 7.76. The Morgan fingerprint density at radius 1 is 1.37 bits per heavy atom. The van der Waals surface area contributed by atoms with Crippen LogP contribution in [0.5, 0.6) is 11.6 Å². The van der Waals surface area contributed by atoms with Gasteiger partial charge in [0.15, 0.2) is 0 Å². The third-order valence-electron chi connectivity index (χ3n) is 2.61. The monoisotopic (exact) mass is 278 g/mol. The summed E-state index contributed by atoms with van der Waals surface area (Å²) in [6, 6.07) is 7.14. The number of hydrogen-bond donors (Lipinski definition) is 2. The number of aryl methyl sites for hydroxylation is 1. The number of nitrogens with one attached hydrogen (secondary N) is 1. The van der Waals surface area contributed by atoms with Crippen LogP contribution in [0, 0.1) is 6.92 Å². The Morgan fingerprint density at radius 3 is 2.79 bits per heavy atom. The van der Waals surface area contributed by atoms with E-state index in [1.54, 1.807) is 12.1 Å². The van der Waals surface area contributed by atoms with Crippen LogP contribution in [-0.2, 0) is 6.42 Å². The maximum atomic E-state index is 5.92. The highest BCUT2D eigenvalue weighted by atomic mass is 35.5. The molecule has 100 valence electrons. The fourth-order valence-electron chi connectivity index (χ4n) is 1.58. The molecule has 3 N–H and O–H groups in total. The van der Waals surface area contributed by atoms with Gasteiger partial charge in [0.1, 0.15) is 17.4 Å². The smallest absolute Gasteiger partial charge is 0.227 e. The van der Waals surface area contributed by atoms with Crippen LogP contribution in [0.25, 0.3) is 0 Å². The molecule has 0 saturated carbocycles. The Hall–Kier alpha value is -1.85. The van der Waals surface area contributed by atoms with Crippen LogP contribution in [0.1, 0.15) is 18.3 Å². The van der Waals surface area contributed by atoms with Gasteiger partial charge in [-0.2, -0.15) is 4.98 Å². The Bertz CT molecular complexity index is 589. The third-order valence-corrected chi connectivity index (χ3v) is 2.85. The molecular weight excluding hydrogens is 264 g/mol. The van der Waals surface area contributed by atoms with Gasteiger partial charge >= 0.3 is 0 Å². The van der Waals surface area contributed by atoms with Crippen molar-refractivity contribution in [1.29, 1.82) is 0 Å². The first kappa shape index (κ1) is 13.6. The van der Waals surface area contributed by atoms with E-state index in [0.717, 1.165) is 5.56 Å². The molecule has 0 aliphatic heterocycles. The van der Waals surface area contributed by atoms with E-state index < -0.39 is 0 Å². The first-order valence-electron chi connectivity index (χ1n) is 5.91. The van der Waals surface area contributed by atoms with Gasteiger partial charge in [-0.15, -0.1) is 0 Å². The van der Waals surface area contributed by atoms with Gasteiger partial charge in [0, 0.05) is 11.4 Å². The lowest BCUT2D eigenvalue weighted by molar-refractivity contribution is 0.455. The maximum Gasteiger partial charge on any atom is 0.227 e. The highest BCUT2D eigenvalue weighted by Gasteiger charge is 2.11. The second-order valence-electron chi connectivity index (χ2n) is 3.98. The molecule has 0 radical (unpaired) electrons. The molecule has 0 saturated heterocycles. The summed E-state index contributed by atoms with van der Waals surface area (Å²) in [6.07, 6.45) is 0.695. The van der Waals surface area contributed by atoms with E-state index in [1.807, 2.05) is 26.0 Å². The minimum absolute atomic E-state index is 0.474. The van der Waals surface area contributed by atoms with Crippen LogP contribution < -0.4 is 16.0 Å². The van der Waals surface area contributed by atoms with Crippen LogP contribution in [0.3, 0.4) is 0 Å². The first-order valence-corrected chi connectivity index (χ1v) is 6.29. The van der Waals surface area contributed by atoms with Crippen molar-refractivity contribution >= 4 is 17.4 Å². The minimum Gasteiger partial charge on any atom is -0.438 e. The van der Waals surface area contributed by atoms with Crippen LogP contribution in [-0.4, -0.2) is 9.97 Å². The summed E-state index contributed by atoms with van der Waals surface area (Å²) in [4.78, 5) is 8.63. The molecule has 0 amide bonds. The van der Waals surface area contributed by atoms with Crippen LogP contribution >= 0.6 is 11.6 Å². The fourth-order valence-corrected chi connectivity index (χ4v) is 1.76. The zero-order valence-electron chi connectivity index (χ0n) is 10.8. The standard InChI is InChI=1S/C13H15ClN4O/c1-3-11-16-12(18-15)8(2)13(17-11)19-10-6-4-5-9(14)7-10/h4-7H,3,15H2,1-2H3,(H,16,17,18). The molecule has 19 heavy (non-hydrogen) atoms. The zero-order valence-corrected chi connectivity index (χ0v) is 11.5. The number of benzene rings is 1. The largest absolute Gasteiger partial charge is 0.438 e. The van der Waals surface area contributed by atoms with Gasteiger partial charge in [0.05, 0.1) is 5.56 Å². The van der Waals surface area contributed by atoms with Crippen LogP contribution in [0.2, 0.25) is 5.02 Å². The summed E-state index contributed by atoms with van der Waals surface area (Å²) in [5, 5.41) is 0.608. The van der Waals surface area contributed by atoms with E-state index in [4.69, 9.17) is 22.2 Å².